The maximum atomic E-state index is 12.3. The number of rotatable bonds is 5. The summed E-state index contributed by atoms with van der Waals surface area (Å²) in [5, 5.41) is 18.1. The van der Waals surface area contributed by atoms with Crippen molar-refractivity contribution in [3.8, 4) is 0 Å². The van der Waals surface area contributed by atoms with E-state index >= 15 is 0 Å². The van der Waals surface area contributed by atoms with Crippen LogP contribution in [0.5, 0.6) is 0 Å². The van der Waals surface area contributed by atoms with Crippen molar-refractivity contribution in [3.63, 3.8) is 0 Å². The third-order valence-corrected chi connectivity index (χ3v) is 3.38. The number of nitrogens with zero attached hydrogens (tertiary/aromatic N) is 2. The number of hydrogen-bond donors (Lipinski definition) is 2. The first kappa shape index (κ1) is 15.7. The van der Waals surface area contributed by atoms with E-state index in [-0.39, 0.29) is 38.4 Å². The molecule has 0 aromatic carbocycles. The quantitative estimate of drug-likeness (QED) is 0.727. The third kappa shape index (κ3) is 3.57. The van der Waals surface area contributed by atoms with Crippen LogP contribution in [0.15, 0.2) is 0 Å². The van der Waals surface area contributed by atoms with Crippen LogP contribution in [0.1, 0.15) is 13.8 Å². The monoisotopic (exact) mass is 274 g/mol. The molecule has 1 aliphatic rings. The van der Waals surface area contributed by atoms with Crippen LogP contribution in [0, 0.1) is 5.92 Å². The number of carboxylic acid groups (broad SMARTS) is 1. The zero-order valence-corrected chi connectivity index (χ0v) is 11.6. The van der Waals surface area contributed by atoms with Crippen molar-refractivity contribution in [1.82, 2.24) is 9.80 Å². The van der Waals surface area contributed by atoms with Crippen LogP contribution in [-0.4, -0.2) is 77.5 Å². The average Bonchev–Trinajstić information content (AvgIpc) is 2.83. The van der Waals surface area contributed by atoms with Crippen molar-refractivity contribution in [1.29, 1.82) is 0 Å². The highest BCUT2D eigenvalue weighted by Gasteiger charge is 2.39. The van der Waals surface area contributed by atoms with Crippen molar-refractivity contribution < 1.29 is 24.5 Å². The second kappa shape index (κ2) is 6.72. The van der Waals surface area contributed by atoms with Gasteiger partial charge in [-0.25, -0.2) is 4.79 Å². The molecule has 0 spiro atoms. The van der Waals surface area contributed by atoms with Gasteiger partial charge in [0.05, 0.1) is 25.9 Å². The highest BCUT2D eigenvalue weighted by Crippen LogP contribution is 2.20. The zero-order chi connectivity index (χ0) is 14.6. The smallest absolute Gasteiger partial charge is 0.320 e. The Morgan fingerprint density at radius 2 is 2.00 bits per heavy atom. The van der Waals surface area contributed by atoms with Crippen LogP contribution >= 0.6 is 0 Å². The summed E-state index contributed by atoms with van der Waals surface area (Å²) in [4.78, 5) is 26.3. The molecular weight excluding hydrogens is 252 g/mol. The molecule has 1 aliphatic heterocycles. The topological polar surface area (TPSA) is 90.3 Å². The molecule has 2 atom stereocenters. The Balaban J connectivity index is 2.77. The van der Waals surface area contributed by atoms with Gasteiger partial charge in [0.1, 0.15) is 5.92 Å². The Kier molecular flexibility index (Phi) is 5.56. The lowest BCUT2D eigenvalue weighted by Gasteiger charge is -2.34. The van der Waals surface area contributed by atoms with Gasteiger partial charge in [-0.15, -0.1) is 0 Å². The molecule has 1 rings (SSSR count). The summed E-state index contributed by atoms with van der Waals surface area (Å²) < 4.78 is 5.16. The minimum atomic E-state index is -0.958. The number of carboxylic acids is 1. The molecule has 2 N–H and O–H groups in total. The van der Waals surface area contributed by atoms with Crippen LogP contribution in [0.3, 0.4) is 0 Å². The lowest BCUT2D eigenvalue weighted by atomic mass is 10.0. The van der Waals surface area contributed by atoms with E-state index in [4.69, 9.17) is 14.9 Å². The largest absolute Gasteiger partial charge is 0.481 e. The van der Waals surface area contributed by atoms with Gasteiger partial charge in [0.15, 0.2) is 0 Å². The molecule has 2 unspecified atom stereocenters. The van der Waals surface area contributed by atoms with E-state index in [9.17, 15) is 9.59 Å². The summed E-state index contributed by atoms with van der Waals surface area (Å²) in [6.07, 6.45) is 0. The van der Waals surface area contributed by atoms with Crippen molar-refractivity contribution in [2.75, 3.05) is 33.4 Å². The standard InChI is InChI=1S/C12H22N2O5/c1-8(2)14(4-5-15)12(18)13(3)10-7-19-6-9(10)11(16)17/h8-10,15H,4-7H2,1-3H3,(H,16,17). The summed E-state index contributed by atoms with van der Waals surface area (Å²) in [6.45, 7) is 4.15. The maximum absolute atomic E-state index is 12.3. The predicted molar refractivity (Wildman–Crippen MR) is 67.8 cm³/mol. The third-order valence-electron chi connectivity index (χ3n) is 3.38. The molecule has 1 heterocycles. The van der Waals surface area contributed by atoms with E-state index in [1.54, 1.807) is 7.05 Å². The first-order valence-corrected chi connectivity index (χ1v) is 6.35. The van der Waals surface area contributed by atoms with E-state index in [1.807, 2.05) is 13.8 Å². The first-order valence-electron chi connectivity index (χ1n) is 6.35. The average molecular weight is 274 g/mol. The summed E-state index contributed by atoms with van der Waals surface area (Å²) in [5.74, 6) is -1.66. The van der Waals surface area contributed by atoms with Gasteiger partial charge in [-0.05, 0) is 13.8 Å². The van der Waals surface area contributed by atoms with Gasteiger partial charge >= 0.3 is 12.0 Å². The molecule has 0 bridgehead atoms. The van der Waals surface area contributed by atoms with E-state index in [1.165, 1.54) is 9.80 Å². The number of aliphatic carboxylic acids is 1. The number of hydrogen-bond acceptors (Lipinski definition) is 4. The van der Waals surface area contributed by atoms with Crippen molar-refractivity contribution in [2.24, 2.45) is 5.92 Å². The predicted octanol–water partition coefficient (Wildman–Crippen LogP) is -0.159. The van der Waals surface area contributed by atoms with Crippen LogP contribution < -0.4 is 0 Å². The first-order chi connectivity index (χ1) is 8.90. The van der Waals surface area contributed by atoms with Gasteiger partial charge in [0.2, 0.25) is 0 Å². The van der Waals surface area contributed by atoms with Crippen molar-refractivity contribution in [2.45, 2.75) is 25.9 Å². The Morgan fingerprint density at radius 1 is 1.37 bits per heavy atom. The summed E-state index contributed by atoms with van der Waals surface area (Å²) in [7, 11) is 1.57. The number of urea groups is 1. The molecule has 2 amide bonds. The van der Waals surface area contributed by atoms with E-state index < -0.39 is 17.9 Å². The SMILES string of the molecule is CC(C)N(CCO)C(=O)N(C)C1COCC1C(=O)O. The minimum absolute atomic E-state index is 0.0623. The normalized spacial score (nSPS) is 22.6. The molecule has 0 aliphatic carbocycles. The Labute approximate surface area is 112 Å². The van der Waals surface area contributed by atoms with E-state index in [0.717, 1.165) is 0 Å². The van der Waals surface area contributed by atoms with Crippen molar-refractivity contribution in [3.05, 3.63) is 0 Å². The second-order valence-electron chi connectivity index (χ2n) is 4.95. The van der Waals surface area contributed by atoms with Crippen molar-refractivity contribution >= 4 is 12.0 Å². The second-order valence-corrected chi connectivity index (χ2v) is 4.95. The van der Waals surface area contributed by atoms with Crippen LogP contribution in [0.25, 0.3) is 0 Å². The van der Waals surface area contributed by atoms with Gasteiger partial charge in [-0.1, -0.05) is 0 Å². The lowest BCUT2D eigenvalue weighted by Crippen LogP contribution is -2.52. The summed E-state index contributed by atoms with van der Waals surface area (Å²) in [5.41, 5.74) is 0. The summed E-state index contributed by atoms with van der Waals surface area (Å²) in [6, 6.07) is -0.816. The molecular formula is C12H22N2O5. The number of carbonyl (C=O) groups is 2. The number of amides is 2. The van der Waals surface area contributed by atoms with Gasteiger partial charge in [-0.2, -0.15) is 0 Å². The van der Waals surface area contributed by atoms with Gasteiger partial charge in [-0.3, -0.25) is 4.79 Å². The molecule has 0 aromatic rings. The fraction of sp³-hybridized carbons (Fsp3) is 0.833. The van der Waals surface area contributed by atoms with Gasteiger partial charge < -0.3 is 24.7 Å². The molecule has 0 aromatic heterocycles. The highest BCUT2D eigenvalue weighted by molar-refractivity contribution is 5.77. The Morgan fingerprint density at radius 3 is 2.47 bits per heavy atom. The molecule has 0 radical (unpaired) electrons. The van der Waals surface area contributed by atoms with E-state index in [2.05, 4.69) is 0 Å². The van der Waals surface area contributed by atoms with Crippen LogP contribution in [0.4, 0.5) is 4.79 Å². The number of ether oxygens (including phenoxy) is 1. The molecule has 7 heteroatoms. The summed E-state index contributed by atoms with van der Waals surface area (Å²) >= 11 is 0. The molecule has 1 fully saturated rings. The number of carbonyl (C=O) groups excluding carboxylic acids is 1. The Bertz CT molecular complexity index is 334. The fourth-order valence-electron chi connectivity index (χ4n) is 2.19. The highest BCUT2D eigenvalue weighted by atomic mass is 16.5. The zero-order valence-electron chi connectivity index (χ0n) is 11.6. The Hall–Kier alpha value is -1.34. The number of aliphatic hydroxyl groups excluding tert-OH is 1. The van der Waals surface area contributed by atoms with E-state index in [0.29, 0.717) is 0 Å². The lowest BCUT2D eigenvalue weighted by molar-refractivity contribution is -0.142. The van der Waals surface area contributed by atoms with Gasteiger partial charge in [0.25, 0.3) is 0 Å². The van der Waals surface area contributed by atoms with Crippen LogP contribution in [-0.2, 0) is 9.53 Å². The molecule has 1 saturated heterocycles. The maximum Gasteiger partial charge on any atom is 0.320 e. The molecule has 7 nitrogen and oxygen atoms in total. The number of likely N-dealkylation sites (N-methyl/N-ethyl adjacent to an activating group) is 1. The molecule has 110 valence electrons. The van der Waals surface area contributed by atoms with Crippen LogP contribution in [0.2, 0.25) is 0 Å². The molecule has 0 saturated carbocycles. The fourth-order valence-corrected chi connectivity index (χ4v) is 2.19. The number of aliphatic hydroxyl groups is 1. The van der Waals surface area contributed by atoms with Gasteiger partial charge in [0, 0.05) is 19.6 Å². The minimum Gasteiger partial charge on any atom is -0.481 e. The molecule has 19 heavy (non-hydrogen) atoms.